The molecule has 0 radical (unpaired) electrons. The fraction of sp³-hybridized carbons (Fsp3) is 0.650. The topological polar surface area (TPSA) is 49.3 Å². The third-order valence-electron chi connectivity index (χ3n) is 4.40. The zero-order valence-corrected chi connectivity index (χ0v) is 16.7. The molecule has 1 aromatic rings. The molecule has 0 spiro atoms. The molecule has 0 heterocycles. The largest absolute Gasteiger partial charge is 0.492 e. The van der Waals surface area contributed by atoms with Crippen molar-refractivity contribution in [3.05, 3.63) is 29.8 Å². The molecule has 6 nitrogen and oxygen atoms in total. The first-order valence-corrected chi connectivity index (χ1v) is 9.45. The summed E-state index contributed by atoms with van der Waals surface area (Å²) in [5.74, 6) is 2.59. The third kappa shape index (κ3) is 7.62. The average molecular weight is 363 g/mol. The van der Waals surface area contributed by atoms with Gasteiger partial charge in [-0.2, -0.15) is 0 Å². The van der Waals surface area contributed by atoms with Crippen LogP contribution >= 0.6 is 0 Å². The number of para-hydroxylation sites is 1. The Morgan fingerprint density at radius 3 is 2.62 bits per heavy atom. The van der Waals surface area contributed by atoms with Crippen LogP contribution in [0, 0.1) is 5.92 Å². The average Bonchev–Trinajstić information content (AvgIpc) is 3.44. The van der Waals surface area contributed by atoms with Gasteiger partial charge in [-0.3, -0.25) is 4.99 Å². The Balaban J connectivity index is 1.77. The van der Waals surface area contributed by atoms with Crippen LogP contribution in [0.15, 0.2) is 29.3 Å². The van der Waals surface area contributed by atoms with Crippen molar-refractivity contribution >= 4 is 5.96 Å². The van der Waals surface area contributed by atoms with Crippen molar-refractivity contribution in [2.24, 2.45) is 10.9 Å². The van der Waals surface area contributed by atoms with Crippen molar-refractivity contribution in [3.8, 4) is 5.75 Å². The van der Waals surface area contributed by atoms with E-state index < -0.39 is 0 Å². The maximum atomic E-state index is 5.93. The van der Waals surface area contributed by atoms with Gasteiger partial charge in [0.2, 0.25) is 0 Å². The Kier molecular flexibility index (Phi) is 8.71. The molecular formula is C20H34N4O2. The van der Waals surface area contributed by atoms with Gasteiger partial charge >= 0.3 is 0 Å². The molecule has 0 bridgehead atoms. The Hall–Kier alpha value is -1.79. The van der Waals surface area contributed by atoms with Gasteiger partial charge in [-0.25, -0.2) is 0 Å². The van der Waals surface area contributed by atoms with Crippen molar-refractivity contribution in [2.75, 3.05) is 61.1 Å². The number of rotatable bonds is 11. The van der Waals surface area contributed by atoms with Gasteiger partial charge in [-0.05, 0) is 38.9 Å². The number of likely N-dealkylation sites (N-methyl/N-ethyl adjacent to an activating group) is 2. The minimum absolute atomic E-state index is 0.678. The highest BCUT2D eigenvalue weighted by atomic mass is 16.5. The van der Waals surface area contributed by atoms with Gasteiger partial charge < -0.3 is 24.6 Å². The van der Waals surface area contributed by atoms with Gasteiger partial charge in [-0.15, -0.1) is 0 Å². The first kappa shape index (κ1) is 20.5. The molecule has 0 aliphatic heterocycles. The lowest BCUT2D eigenvalue weighted by Gasteiger charge is -2.22. The molecule has 1 saturated carbocycles. The molecule has 0 saturated heterocycles. The van der Waals surface area contributed by atoms with Gasteiger partial charge in [-0.1, -0.05) is 18.2 Å². The van der Waals surface area contributed by atoms with Gasteiger partial charge in [0.15, 0.2) is 5.96 Å². The lowest BCUT2D eigenvalue weighted by molar-refractivity contribution is 0.115. The SMILES string of the molecule is CN=C(NCc1ccccc1OCCN(C)C)N(C)CCOCC1CC1. The molecule has 1 aromatic carbocycles. The molecule has 6 heteroatoms. The number of ether oxygens (including phenoxy) is 2. The van der Waals surface area contributed by atoms with Crippen LogP contribution in [0.2, 0.25) is 0 Å². The van der Waals surface area contributed by atoms with E-state index in [0.29, 0.717) is 13.2 Å². The standard InChI is InChI=1S/C20H34N4O2/c1-21-20(24(4)12-13-25-16-17-9-10-17)22-15-18-7-5-6-8-19(18)26-14-11-23(2)3/h5-8,17H,9-16H2,1-4H3,(H,21,22). The fourth-order valence-electron chi connectivity index (χ4n) is 2.53. The van der Waals surface area contributed by atoms with Crippen molar-refractivity contribution in [1.29, 1.82) is 0 Å². The third-order valence-corrected chi connectivity index (χ3v) is 4.40. The summed E-state index contributed by atoms with van der Waals surface area (Å²) in [4.78, 5) is 8.59. The highest BCUT2D eigenvalue weighted by molar-refractivity contribution is 5.79. The zero-order chi connectivity index (χ0) is 18.8. The Morgan fingerprint density at radius 1 is 1.15 bits per heavy atom. The summed E-state index contributed by atoms with van der Waals surface area (Å²) in [6, 6.07) is 8.15. The van der Waals surface area contributed by atoms with E-state index in [4.69, 9.17) is 9.47 Å². The van der Waals surface area contributed by atoms with Crippen molar-refractivity contribution in [1.82, 2.24) is 15.1 Å². The first-order valence-electron chi connectivity index (χ1n) is 9.45. The number of aliphatic imine (C=N–C) groups is 1. The molecule has 1 aliphatic rings. The lowest BCUT2D eigenvalue weighted by atomic mass is 10.2. The molecule has 26 heavy (non-hydrogen) atoms. The predicted octanol–water partition coefficient (Wildman–Crippen LogP) is 2.06. The van der Waals surface area contributed by atoms with E-state index in [2.05, 4.69) is 26.2 Å². The van der Waals surface area contributed by atoms with E-state index in [1.54, 1.807) is 0 Å². The zero-order valence-electron chi connectivity index (χ0n) is 16.7. The molecule has 0 aromatic heterocycles. The number of guanidine groups is 1. The second-order valence-electron chi connectivity index (χ2n) is 7.10. The summed E-state index contributed by atoms with van der Waals surface area (Å²) in [7, 11) is 7.94. The predicted molar refractivity (Wildman–Crippen MR) is 107 cm³/mol. The molecule has 0 unspecified atom stereocenters. The number of nitrogens with one attached hydrogen (secondary N) is 1. The maximum Gasteiger partial charge on any atom is 0.193 e. The molecule has 2 rings (SSSR count). The van der Waals surface area contributed by atoms with E-state index in [9.17, 15) is 0 Å². The smallest absolute Gasteiger partial charge is 0.193 e. The van der Waals surface area contributed by atoms with E-state index >= 15 is 0 Å². The Morgan fingerprint density at radius 2 is 1.92 bits per heavy atom. The Bertz CT molecular complexity index is 558. The minimum atomic E-state index is 0.678. The molecule has 0 atom stereocenters. The first-order chi connectivity index (χ1) is 12.6. The fourth-order valence-corrected chi connectivity index (χ4v) is 2.53. The summed E-state index contributed by atoms with van der Waals surface area (Å²) in [5, 5.41) is 3.42. The van der Waals surface area contributed by atoms with Crippen LogP contribution in [-0.2, 0) is 11.3 Å². The van der Waals surface area contributed by atoms with E-state index in [1.807, 2.05) is 46.4 Å². The second kappa shape index (κ2) is 11.0. The van der Waals surface area contributed by atoms with Crippen LogP contribution in [0.1, 0.15) is 18.4 Å². The number of hydrogen-bond donors (Lipinski definition) is 1. The van der Waals surface area contributed by atoms with Crippen LogP contribution in [0.4, 0.5) is 0 Å². The van der Waals surface area contributed by atoms with Crippen LogP contribution in [0.5, 0.6) is 5.75 Å². The summed E-state index contributed by atoms with van der Waals surface area (Å²) >= 11 is 0. The summed E-state index contributed by atoms with van der Waals surface area (Å²) < 4.78 is 11.6. The second-order valence-corrected chi connectivity index (χ2v) is 7.10. The van der Waals surface area contributed by atoms with E-state index in [-0.39, 0.29) is 0 Å². The lowest BCUT2D eigenvalue weighted by Crippen LogP contribution is -2.40. The van der Waals surface area contributed by atoms with Crippen LogP contribution in [-0.4, -0.2) is 76.9 Å². The summed E-state index contributed by atoms with van der Waals surface area (Å²) in [6.07, 6.45) is 2.66. The van der Waals surface area contributed by atoms with Crippen molar-refractivity contribution < 1.29 is 9.47 Å². The quantitative estimate of drug-likeness (QED) is 0.371. The summed E-state index contributed by atoms with van der Waals surface area (Å²) in [6.45, 7) is 4.71. The monoisotopic (exact) mass is 362 g/mol. The Labute approximate surface area is 158 Å². The van der Waals surface area contributed by atoms with Crippen LogP contribution in [0.3, 0.4) is 0 Å². The summed E-state index contributed by atoms with van der Waals surface area (Å²) in [5.41, 5.74) is 1.13. The number of hydrogen-bond acceptors (Lipinski definition) is 4. The van der Waals surface area contributed by atoms with Gasteiger partial charge in [0, 0.05) is 45.9 Å². The van der Waals surface area contributed by atoms with Gasteiger partial charge in [0.25, 0.3) is 0 Å². The number of benzene rings is 1. The highest BCUT2D eigenvalue weighted by Gasteiger charge is 2.21. The molecule has 1 N–H and O–H groups in total. The van der Waals surface area contributed by atoms with E-state index in [1.165, 1.54) is 12.8 Å². The van der Waals surface area contributed by atoms with E-state index in [0.717, 1.165) is 49.5 Å². The van der Waals surface area contributed by atoms with Crippen LogP contribution < -0.4 is 10.1 Å². The van der Waals surface area contributed by atoms with Crippen molar-refractivity contribution in [2.45, 2.75) is 19.4 Å². The molecular weight excluding hydrogens is 328 g/mol. The minimum Gasteiger partial charge on any atom is -0.492 e. The highest BCUT2D eigenvalue weighted by Crippen LogP contribution is 2.28. The molecule has 146 valence electrons. The normalized spacial score (nSPS) is 14.6. The maximum absolute atomic E-state index is 5.93. The molecule has 1 aliphatic carbocycles. The van der Waals surface area contributed by atoms with Crippen molar-refractivity contribution in [3.63, 3.8) is 0 Å². The van der Waals surface area contributed by atoms with Crippen LogP contribution in [0.25, 0.3) is 0 Å². The molecule has 1 fully saturated rings. The molecule has 0 amide bonds. The van der Waals surface area contributed by atoms with Gasteiger partial charge in [0.05, 0.1) is 6.61 Å². The number of nitrogens with zero attached hydrogens (tertiary/aromatic N) is 3. The van der Waals surface area contributed by atoms with Gasteiger partial charge in [0.1, 0.15) is 12.4 Å².